The van der Waals surface area contributed by atoms with Crippen molar-refractivity contribution in [2.24, 2.45) is 5.92 Å². The van der Waals surface area contributed by atoms with E-state index >= 15 is 0 Å². The highest BCUT2D eigenvalue weighted by Gasteiger charge is 2.26. The second-order valence-corrected chi connectivity index (χ2v) is 7.35. The summed E-state index contributed by atoms with van der Waals surface area (Å²) in [5.74, 6) is 1.18. The topological polar surface area (TPSA) is 42.4 Å². The number of fused-ring (bicyclic) bond motifs is 1. The Bertz CT molecular complexity index is 945. The molecule has 4 rings (SSSR count). The van der Waals surface area contributed by atoms with E-state index in [4.69, 9.17) is 16.3 Å². The lowest BCUT2D eigenvalue weighted by atomic mass is 9.97. The van der Waals surface area contributed by atoms with E-state index in [-0.39, 0.29) is 5.91 Å². The standard InChI is InChI=1S/C22H21ClN2O2/c23-18-12-17-7-4-10-24-21(17)20(13-18)22(26)25-11-5-6-16(14-25)15-27-19-8-2-1-3-9-19/h1-4,7-10,12-13,16H,5-6,11,14-15H2. The van der Waals surface area contributed by atoms with Gasteiger partial charge in [0, 0.05) is 35.6 Å². The molecule has 1 aliphatic heterocycles. The summed E-state index contributed by atoms with van der Waals surface area (Å²) in [5.41, 5.74) is 1.28. The summed E-state index contributed by atoms with van der Waals surface area (Å²) in [6, 6.07) is 17.1. The van der Waals surface area contributed by atoms with E-state index in [9.17, 15) is 4.79 Å². The van der Waals surface area contributed by atoms with Crippen molar-refractivity contribution in [1.82, 2.24) is 9.88 Å². The smallest absolute Gasteiger partial charge is 0.256 e. The Hall–Kier alpha value is -2.59. The Labute approximate surface area is 163 Å². The van der Waals surface area contributed by atoms with Crippen molar-refractivity contribution in [2.45, 2.75) is 12.8 Å². The van der Waals surface area contributed by atoms with E-state index in [2.05, 4.69) is 4.98 Å². The zero-order valence-corrected chi connectivity index (χ0v) is 15.7. The number of nitrogens with zero attached hydrogens (tertiary/aromatic N) is 2. The van der Waals surface area contributed by atoms with E-state index in [1.165, 1.54) is 0 Å². The van der Waals surface area contributed by atoms with E-state index in [0.717, 1.165) is 30.5 Å². The van der Waals surface area contributed by atoms with Crippen molar-refractivity contribution < 1.29 is 9.53 Å². The Morgan fingerprint density at radius 1 is 1.19 bits per heavy atom. The summed E-state index contributed by atoms with van der Waals surface area (Å²) >= 11 is 6.23. The van der Waals surface area contributed by atoms with Crippen molar-refractivity contribution in [3.63, 3.8) is 0 Å². The second kappa shape index (κ2) is 7.97. The quantitative estimate of drug-likeness (QED) is 0.651. The number of piperidine rings is 1. The van der Waals surface area contributed by atoms with Crippen molar-refractivity contribution in [1.29, 1.82) is 0 Å². The number of carbonyl (C=O) groups excluding carboxylic acids is 1. The van der Waals surface area contributed by atoms with Gasteiger partial charge < -0.3 is 9.64 Å². The van der Waals surface area contributed by atoms with Crippen molar-refractivity contribution in [3.05, 3.63) is 71.4 Å². The molecule has 0 N–H and O–H groups in total. The number of pyridine rings is 1. The van der Waals surface area contributed by atoms with E-state index in [1.807, 2.05) is 53.4 Å². The third-order valence-corrected chi connectivity index (χ3v) is 5.15. The van der Waals surface area contributed by atoms with Gasteiger partial charge >= 0.3 is 0 Å². The molecule has 1 unspecified atom stereocenters. The Morgan fingerprint density at radius 3 is 2.89 bits per heavy atom. The van der Waals surface area contributed by atoms with Crippen molar-refractivity contribution >= 4 is 28.4 Å². The Balaban J connectivity index is 1.49. The van der Waals surface area contributed by atoms with Crippen LogP contribution < -0.4 is 4.74 Å². The maximum absolute atomic E-state index is 13.2. The number of aromatic nitrogens is 1. The summed E-state index contributed by atoms with van der Waals surface area (Å²) in [6.45, 7) is 2.05. The minimum atomic E-state index is -0.00869. The number of hydrogen-bond acceptors (Lipinski definition) is 3. The number of para-hydroxylation sites is 1. The molecular weight excluding hydrogens is 360 g/mol. The molecule has 5 heteroatoms. The number of benzene rings is 2. The minimum absolute atomic E-state index is 0.00869. The molecule has 0 saturated carbocycles. The van der Waals surface area contributed by atoms with Crippen molar-refractivity contribution in [2.75, 3.05) is 19.7 Å². The van der Waals surface area contributed by atoms with Crippen molar-refractivity contribution in [3.8, 4) is 5.75 Å². The molecule has 0 spiro atoms. The molecule has 0 radical (unpaired) electrons. The van der Waals surface area contributed by atoms with Crippen LogP contribution in [0.1, 0.15) is 23.2 Å². The summed E-state index contributed by atoms with van der Waals surface area (Å²) in [5, 5.41) is 1.44. The van der Waals surface area contributed by atoms with Gasteiger partial charge in [0.05, 0.1) is 17.7 Å². The van der Waals surface area contributed by atoms with Gasteiger partial charge in [0.2, 0.25) is 0 Å². The van der Waals surface area contributed by atoms with E-state index < -0.39 is 0 Å². The number of hydrogen-bond donors (Lipinski definition) is 0. The van der Waals surface area contributed by atoms with Gasteiger partial charge in [-0.3, -0.25) is 9.78 Å². The summed E-state index contributed by atoms with van der Waals surface area (Å²) < 4.78 is 5.90. The molecule has 1 aliphatic rings. The molecule has 4 nitrogen and oxygen atoms in total. The van der Waals surface area contributed by atoms with Crippen LogP contribution >= 0.6 is 11.6 Å². The first kappa shape index (κ1) is 17.8. The predicted octanol–water partition coefficient (Wildman–Crippen LogP) is 4.82. The summed E-state index contributed by atoms with van der Waals surface area (Å²) in [6.07, 6.45) is 3.74. The number of amides is 1. The van der Waals surface area contributed by atoms with Crippen LogP contribution in [0.2, 0.25) is 5.02 Å². The fourth-order valence-corrected chi connectivity index (χ4v) is 3.83. The first-order valence-corrected chi connectivity index (χ1v) is 9.60. The van der Waals surface area contributed by atoms with Gasteiger partial charge in [0.1, 0.15) is 5.75 Å². The Morgan fingerprint density at radius 2 is 2.04 bits per heavy atom. The lowest BCUT2D eigenvalue weighted by Crippen LogP contribution is -2.41. The van der Waals surface area contributed by atoms with Crippen LogP contribution in [-0.2, 0) is 0 Å². The van der Waals surface area contributed by atoms with Crippen LogP contribution in [0.5, 0.6) is 5.75 Å². The highest BCUT2D eigenvalue weighted by Crippen LogP contribution is 2.26. The number of carbonyl (C=O) groups is 1. The SMILES string of the molecule is O=C(c1cc(Cl)cc2cccnc12)N1CCCC(COc2ccccc2)C1. The number of rotatable bonds is 4. The molecular formula is C22H21ClN2O2. The largest absolute Gasteiger partial charge is 0.493 e. The minimum Gasteiger partial charge on any atom is -0.493 e. The summed E-state index contributed by atoms with van der Waals surface area (Å²) in [7, 11) is 0. The van der Waals surface area contributed by atoms with Crippen LogP contribution in [0.3, 0.4) is 0 Å². The fraction of sp³-hybridized carbons (Fsp3) is 0.273. The predicted molar refractivity (Wildman–Crippen MR) is 107 cm³/mol. The van der Waals surface area contributed by atoms with Gasteiger partial charge in [-0.25, -0.2) is 0 Å². The maximum atomic E-state index is 13.2. The van der Waals surface area contributed by atoms with Crippen LogP contribution in [0, 0.1) is 5.92 Å². The average molecular weight is 381 g/mol. The molecule has 1 fully saturated rings. The molecule has 1 atom stereocenters. The molecule has 2 aromatic carbocycles. The van der Waals surface area contributed by atoms with Crippen LogP contribution in [0.25, 0.3) is 10.9 Å². The molecule has 0 aliphatic carbocycles. The number of halogens is 1. The van der Waals surface area contributed by atoms with Gasteiger partial charge in [-0.2, -0.15) is 0 Å². The highest BCUT2D eigenvalue weighted by molar-refractivity contribution is 6.32. The van der Waals surface area contributed by atoms with Crippen LogP contribution in [-0.4, -0.2) is 35.5 Å². The van der Waals surface area contributed by atoms with Gasteiger partial charge in [0.25, 0.3) is 5.91 Å². The van der Waals surface area contributed by atoms with Gasteiger partial charge in [-0.05, 0) is 43.2 Å². The first-order valence-electron chi connectivity index (χ1n) is 9.22. The average Bonchev–Trinajstić information content (AvgIpc) is 2.72. The van der Waals surface area contributed by atoms with Crippen LogP contribution in [0.4, 0.5) is 0 Å². The lowest BCUT2D eigenvalue weighted by molar-refractivity contribution is 0.0635. The summed E-state index contributed by atoms with van der Waals surface area (Å²) in [4.78, 5) is 19.5. The highest BCUT2D eigenvalue weighted by atomic mass is 35.5. The normalized spacial score (nSPS) is 17.1. The third kappa shape index (κ3) is 4.06. The third-order valence-electron chi connectivity index (χ3n) is 4.94. The molecule has 138 valence electrons. The number of ether oxygens (including phenoxy) is 1. The number of likely N-dealkylation sites (tertiary alicyclic amines) is 1. The zero-order valence-electron chi connectivity index (χ0n) is 15.0. The lowest BCUT2D eigenvalue weighted by Gasteiger charge is -2.33. The van der Waals surface area contributed by atoms with Crippen LogP contribution in [0.15, 0.2) is 60.8 Å². The molecule has 1 saturated heterocycles. The maximum Gasteiger partial charge on any atom is 0.256 e. The Kier molecular flexibility index (Phi) is 5.26. The zero-order chi connectivity index (χ0) is 18.6. The molecule has 27 heavy (non-hydrogen) atoms. The molecule has 2 heterocycles. The first-order chi connectivity index (χ1) is 13.2. The van der Waals surface area contributed by atoms with E-state index in [0.29, 0.717) is 35.2 Å². The molecule has 0 bridgehead atoms. The van der Waals surface area contributed by atoms with Gasteiger partial charge in [-0.15, -0.1) is 0 Å². The fourth-order valence-electron chi connectivity index (χ4n) is 3.61. The second-order valence-electron chi connectivity index (χ2n) is 6.91. The molecule has 1 aromatic heterocycles. The van der Waals surface area contributed by atoms with Gasteiger partial charge in [0.15, 0.2) is 0 Å². The molecule has 1 amide bonds. The van der Waals surface area contributed by atoms with Gasteiger partial charge in [-0.1, -0.05) is 35.9 Å². The monoisotopic (exact) mass is 380 g/mol. The van der Waals surface area contributed by atoms with E-state index in [1.54, 1.807) is 12.3 Å². The molecule has 3 aromatic rings.